The number of nitrogen functional groups attached to an aromatic ring is 1. The van der Waals surface area contributed by atoms with Crippen LogP contribution in [-0.2, 0) is 0 Å². The third kappa shape index (κ3) is 2.86. The van der Waals surface area contributed by atoms with E-state index in [1.165, 1.54) is 6.20 Å². The zero-order chi connectivity index (χ0) is 15.0. The number of halogens is 2. The first-order valence-electron chi connectivity index (χ1n) is 5.94. The first kappa shape index (κ1) is 13.9. The second-order valence-corrected chi connectivity index (χ2v) is 5.57. The number of nitrogens with one attached hydrogen (secondary N) is 1. The fourth-order valence-corrected chi connectivity index (χ4v) is 2.31. The number of hydrogen-bond acceptors (Lipinski definition) is 4. The minimum Gasteiger partial charge on any atom is -0.451 e. The monoisotopic (exact) mass is 365 g/mol. The van der Waals surface area contributed by atoms with Crippen molar-refractivity contribution in [3.05, 3.63) is 51.9 Å². The minimum atomic E-state index is -0.374. The molecule has 21 heavy (non-hydrogen) atoms. The molecule has 0 bridgehead atoms. The van der Waals surface area contributed by atoms with E-state index in [4.69, 9.17) is 21.8 Å². The largest absolute Gasteiger partial charge is 0.451 e. The van der Waals surface area contributed by atoms with Gasteiger partial charge in [0.2, 0.25) is 0 Å². The standard InChI is InChI=1S/C14H9BrClN3O2/c15-10-5-9(6-18-13(10)16)19-14(20)12-4-7-3-8(17)1-2-11(7)21-12/h1-6H,17H2,(H,19,20). The van der Waals surface area contributed by atoms with E-state index in [0.29, 0.717) is 26.6 Å². The Hall–Kier alpha value is -2.05. The average molecular weight is 367 g/mol. The molecule has 7 heteroatoms. The van der Waals surface area contributed by atoms with Crippen molar-refractivity contribution >= 4 is 55.8 Å². The molecular weight excluding hydrogens is 358 g/mol. The Morgan fingerprint density at radius 3 is 2.90 bits per heavy atom. The van der Waals surface area contributed by atoms with Crippen molar-refractivity contribution < 1.29 is 9.21 Å². The van der Waals surface area contributed by atoms with Gasteiger partial charge in [-0.3, -0.25) is 4.79 Å². The number of hydrogen-bond donors (Lipinski definition) is 2. The number of fused-ring (bicyclic) bond motifs is 1. The Labute approximate surface area is 133 Å². The fourth-order valence-electron chi connectivity index (χ4n) is 1.86. The molecule has 0 saturated carbocycles. The van der Waals surface area contributed by atoms with Gasteiger partial charge in [-0.1, -0.05) is 11.6 Å². The summed E-state index contributed by atoms with van der Waals surface area (Å²) in [6.45, 7) is 0. The lowest BCUT2D eigenvalue weighted by Crippen LogP contribution is -2.11. The number of pyridine rings is 1. The van der Waals surface area contributed by atoms with Crippen LogP contribution in [0.25, 0.3) is 11.0 Å². The topological polar surface area (TPSA) is 81.1 Å². The summed E-state index contributed by atoms with van der Waals surface area (Å²) in [5.74, 6) is -0.178. The Morgan fingerprint density at radius 1 is 1.33 bits per heavy atom. The normalized spacial score (nSPS) is 10.8. The molecule has 2 heterocycles. The lowest BCUT2D eigenvalue weighted by Gasteiger charge is -2.03. The predicted molar refractivity (Wildman–Crippen MR) is 85.5 cm³/mol. The van der Waals surface area contributed by atoms with E-state index in [1.54, 1.807) is 30.3 Å². The highest BCUT2D eigenvalue weighted by atomic mass is 79.9. The molecular formula is C14H9BrClN3O2. The van der Waals surface area contributed by atoms with Crippen molar-refractivity contribution in [1.82, 2.24) is 4.98 Å². The Bertz CT molecular complexity index is 847. The third-order valence-electron chi connectivity index (χ3n) is 2.82. The molecule has 0 aliphatic heterocycles. The van der Waals surface area contributed by atoms with Crippen LogP contribution in [0.2, 0.25) is 5.15 Å². The zero-order valence-electron chi connectivity index (χ0n) is 10.6. The zero-order valence-corrected chi connectivity index (χ0v) is 12.9. The minimum absolute atomic E-state index is 0.196. The number of nitrogens with two attached hydrogens (primary N) is 1. The second kappa shape index (κ2) is 5.38. The smallest absolute Gasteiger partial charge is 0.291 e. The number of rotatable bonds is 2. The third-order valence-corrected chi connectivity index (χ3v) is 3.95. The molecule has 0 atom stereocenters. The fraction of sp³-hybridized carbons (Fsp3) is 0. The number of carbonyl (C=O) groups excluding carboxylic acids is 1. The van der Waals surface area contributed by atoms with Crippen LogP contribution >= 0.6 is 27.5 Å². The van der Waals surface area contributed by atoms with Crippen molar-refractivity contribution in [1.29, 1.82) is 0 Å². The van der Waals surface area contributed by atoms with Crippen molar-refractivity contribution in [2.75, 3.05) is 11.1 Å². The summed E-state index contributed by atoms with van der Waals surface area (Å²) in [5.41, 5.74) is 7.42. The molecule has 1 aromatic carbocycles. The van der Waals surface area contributed by atoms with Crippen molar-refractivity contribution in [2.24, 2.45) is 0 Å². The van der Waals surface area contributed by atoms with E-state index < -0.39 is 0 Å². The molecule has 5 nitrogen and oxygen atoms in total. The van der Waals surface area contributed by atoms with Crippen molar-refractivity contribution in [2.45, 2.75) is 0 Å². The second-order valence-electron chi connectivity index (χ2n) is 4.36. The van der Waals surface area contributed by atoms with E-state index >= 15 is 0 Å². The van der Waals surface area contributed by atoms with E-state index in [-0.39, 0.29) is 11.7 Å². The van der Waals surface area contributed by atoms with Gasteiger partial charge >= 0.3 is 0 Å². The Kier molecular flexibility index (Phi) is 3.57. The molecule has 0 spiro atoms. The van der Waals surface area contributed by atoms with Crippen LogP contribution in [-0.4, -0.2) is 10.9 Å². The van der Waals surface area contributed by atoms with Crippen LogP contribution in [0.4, 0.5) is 11.4 Å². The number of amides is 1. The van der Waals surface area contributed by atoms with Crippen molar-refractivity contribution in [3.63, 3.8) is 0 Å². The first-order chi connectivity index (χ1) is 10.0. The van der Waals surface area contributed by atoms with E-state index in [2.05, 4.69) is 26.2 Å². The average Bonchev–Trinajstić information content (AvgIpc) is 2.86. The van der Waals surface area contributed by atoms with Gasteiger partial charge in [-0.15, -0.1) is 0 Å². The number of carbonyl (C=O) groups is 1. The number of aromatic nitrogens is 1. The maximum Gasteiger partial charge on any atom is 0.291 e. The Balaban J connectivity index is 1.87. The van der Waals surface area contributed by atoms with Gasteiger partial charge in [-0.2, -0.15) is 0 Å². The molecule has 3 rings (SSSR count). The summed E-state index contributed by atoms with van der Waals surface area (Å²) in [7, 11) is 0. The van der Waals surface area contributed by atoms with Gasteiger partial charge in [0, 0.05) is 11.1 Å². The molecule has 0 unspecified atom stereocenters. The lowest BCUT2D eigenvalue weighted by atomic mass is 10.2. The summed E-state index contributed by atoms with van der Waals surface area (Å²) < 4.78 is 6.08. The summed E-state index contributed by atoms with van der Waals surface area (Å²) in [5, 5.41) is 3.79. The molecule has 1 amide bonds. The van der Waals surface area contributed by atoms with Crippen LogP contribution in [0, 0.1) is 0 Å². The van der Waals surface area contributed by atoms with Crippen LogP contribution in [0.15, 0.2) is 45.4 Å². The van der Waals surface area contributed by atoms with Gasteiger partial charge in [0.1, 0.15) is 10.7 Å². The highest BCUT2D eigenvalue weighted by Gasteiger charge is 2.13. The molecule has 3 N–H and O–H groups in total. The number of nitrogens with zero attached hydrogens (tertiary/aromatic N) is 1. The van der Waals surface area contributed by atoms with Gasteiger partial charge in [0.25, 0.3) is 5.91 Å². The molecule has 2 aromatic heterocycles. The number of anilines is 2. The molecule has 0 aliphatic rings. The van der Waals surface area contributed by atoms with Crippen LogP contribution < -0.4 is 11.1 Å². The van der Waals surface area contributed by atoms with Gasteiger partial charge in [-0.05, 0) is 46.3 Å². The maximum atomic E-state index is 12.2. The van der Waals surface area contributed by atoms with Crippen LogP contribution in [0.5, 0.6) is 0 Å². The molecule has 0 fully saturated rings. The summed E-state index contributed by atoms with van der Waals surface area (Å²) >= 11 is 9.05. The molecule has 3 aromatic rings. The van der Waals surface area contributed by atoms with Gasteiger partial charge in [0.15, 0.2) is 5.76 Å². The highest BCUT2D eigenvalue weighted by molar-refractivity contribution is 9.10. The Morgan fingerprint density at radius 2 is 2.14 bits per heavy atom. The molecule has 0 saturated heterocycles. The van der Waals surface area contributed by atoms with Gasteiger partial charge in [0.05, 0.1) is 16.4 Å². The van der Waals surface area contributed by atoms with Gasteiger partial charge < -0.3 is 15.5 Å². The quantitative estimate of drug-likeness (QED) is 0.529. The summed E-state index contributed by atoms with van der Waals surface area (Å²) in [6.07, 6.45) is 1.46. The molecule has 106 valence electrons. The lowest BCUT2D eigenvalue weighted by molar-refractivity contribution is 0.0998. The van der Waals surface area contributed by atoms with Crippen LogP contribution in [0.1, 0.15) is 10.6 Å². The number of furan rings is 1. The van der Waals surface area contributed by atoms with E-state index in [1.807, 2.05) is 0 Å². The SMILES string of the molecule is Nc1ccc2oc(C(=O)Nc3cnc(Cl)c(Br)c3)cc2c1. The summed E-state index contributed by atoms with van der Waals surface area (Å²) in [4.78, 5) is 16.1. The molecule has 0 aliphatic carbocycles. The maximum absolute atomic E-state index is 12.2. The van der Waals surface area contributed by atoms with E-state index in [0.717, 1.165) is 5.39 Å². The molecule has 0 radical (unpaired) electrons. The summed E-state index contributed by atoms with van der Waals surface area (Å²) in [6, 6.07) is 8.49. The van der Waals surface area contributed by atoms with Gasteiger partial charge in [-0.25, -0.2) is 4.98 Å². The van der Waals surface area contributed by atoms with E-state index in [9.17, 15) is 4.79 Å². The first-order valence-corrected chi connectivity index (χ1v) is 7.11. The number of benzene rings is 1. The highest BCUT2D eigenvalue weighted by Crippen LogP contribution is 2.25. The predicted octanol–water partition coefficient (Wildman–Crippen LogP) is 4.08. The van der Waals surface area contributed by atoms with Crippen LogP contribution in [0.3, 0.4) is 0 Å². The van der Waals surface area contributed by atoms with Crippen molar-refractivity contribution in [3.8, 4) is 0 Å².